The third kappa shape index (κ3) is 3.47. The maximum Gasteiger partial charge on any atom is 0.410 e. The second-order valence-corrected chi connectivity index (χ2v) is 5.39. The highest BCUT2D eigenvalue weighted by atomic mass is 16.6. The summed E-state index contributed by atoms with van der Waals surface area (Å²) in [7, 11) is 0. The number of carbonyl (C=O) groups is 1. The number of hydrogen-bond acceptors (Lipinski definition) is 3. The molecule has 0 aromatic heterocycles. The molecule has 2 rings (SSSR count). The van der Waals surface area contributed by atoms with E-state index in [1.54, 1.807) is 4.90 Å². The van der Waals surface area contributed by atoms with E-state index in [4.69, 9.17) is 4.74 Å². The summed E-state index contributed by atoms with van der Waals surface area (Å²) in [6, 6.07) is 9.67. The van der Waals surface area contributed by atoms with Crippen LogP contribution in [0.1, 0.15) is 25.8 Å². The number of aliphatic hydroxyl groups is 1. The van der Waals surface area contributed by atoms with E-state index in [2.05, 4.69) is 13.8 Å². The van der Waals surface area contributed by atoms with E-state index in [9.17, 15) is 9.90 Å². The Labute approximate surface area is 114 Å². The van der Waals surface area contributed by atoms with Crippen LogP contribution in [-0.4, -0.2) is 34.8 Å². The Balaban J connectivity index is 1.92. The zero-order chi connectivity index (χ0) is 13.8. The number of benzene rings is 1. The molecule has 1 amide bonds. The fourth-order valence-electron chi connectivity index (χ4n) is 2.49. The highest BCUT2D eigenvalue weighted by molar-refractivity contribution is 5.68. The van der Waals surface area contributed by atoms with Crippen molar-refractivity contribution in [2.24, 2.45) is 5.92 Å². The van der Waals surface area contributed by atoms with Gasteiger partial charge in [0.1, 0.15) is 6.61 Å². The first kappa shape index (κ1) is 13.9. The Hall–Kier alpha value is -1.55. The van der Waals surface area contributed by atoms with Gasteiger partial charge in [-0.3, -0.25) is 0 Å². The van der Waals surface area contributed by atoms with Crippen molar-refractivity contribution in [3.05, 3.63) is 35.9 Å². The van der Waals surface area contributed by atoms with Crippen molar-refractivity contribution in [1.82, 2.24) is 4.90 Å². The lowest BCUT2D eigenvalue weighted by Crippen LogP contribution is -2.39. The number of β-amino-alcohol motifs (C(OH)–C–C–N with tert-alkyl or cyclic N) is 1. The maximum atomic E-state index is 12.1. The summed E-state index contributed by atoms with van der Waals surface area (Å²) in [4.78, 5) is 13.7. The number of hydrogen-bond donors (Lipinski definition) is 1. The minimum absolute atomic E-state index is 0.0678. The normalized spacial score (nSPS) is 22.8. The summed E-state index contributed by atoms with van der Waals surface area (Å²) in [6.45, 7) is 4.76. The smallest absolute Gasteiger partial charge is 0.410 e. The highest BCUT2D eigenvalue weighted by Gasteiger charge is 2.36. The molecule has 2 atom stereocenters. The predicted molar refractivity (Wildman–Crippen MR) is 72.6 cm³/mol. The van der Waals surface area contributed by atoms with Crippen molar-refractivity contribution in [2.75, 3.05) is 6.54 Å². The van der Waals surface area contributed by atoms with Crippen LogP contribution in [0.3, 0.4) is 0 Å². The Morgan fingerprint density at radius 3 is 2.74 bits per heavy atom. The summed E-state index contributed by atoms with van der Waals surface area (Å²) in [5.41, 5.74) is 0.969. The molecule has 0 aliphatic carbocycles. The largest absolute Gasteiger partial charge is 0.445 e. The van der Waals surface area contributed by atoms with Crippen LogP contribution in [0.4, 0.5) is 4.79 Å². The molecule has 1 aliphatic heterocycles. The van der Waals surface area contributed by atoms with Crippen molar-refractivity contribution in [3.63, 3.8) is 0 Å². The number of carbonyl (C=O) groups excluding carboxylic acids is 1. The molecule has 1 aromatic rings. The van der Waals surface area contributed by atoms with Crippen molar-refractivity contribution in [1.29, 1.82) is 0 Å². The summed E-state index contributed by atoms with van der Waals surface area (Å²) >= 11 is 0. The van der Waals surface area contributed by atoms with Crippen LogP contribution in [0.25, 0.3) is 0 Å². The van der Waals surface area contributed by atoms with E-state index in [1.165, 1.54) is 0 Å². The second-order valence-electron chi connectivity index (χ2n) is 5.39. The Kier molecular flexibility index (Phi) is 4.43. The zero-order valence-electron chi connectivity index (χ0n) is 11.5. The fourth-order valence-corrected chi connectivity index (χ4v) is 2.49. The Bertz CT molecular complexity index is 419. The molecule has 0 saturated carbocycles. The number of likely N-dealkylation sites (tertiary alicyclic amines) is 1. The average Bonchev–Trinajstić information content (AvgIpc) is 2.79. The van der Waals surface area contributed by atoms with Gasteiger partial charge in [-0.05, 0) is 17.9 Å². The molecule has 1 heterocycles. The van der Waals surface area contributed by atoms with Gasteiger partial charge >= 0.3 is 6.09 Å². The monoisotopic (exact) mass is 263 g/mol. The molecule has 4 heteroatoms. The molecule has 1 fully saturated rings. The van der Waals surface area contributed by atoms with Gasteiger partial charge in [0.15, 0.2) is 0 Å². The van der Waals surface area contributed by atoms with E-state index in [0.29, 0.717) is 18.9 Å². The van der Waals surface area contributed by atoms with Gasteiger partial charge in [0.25, 0.3) is 0 Å². The summed E-state index contributed by atoms with van der Waals surface area (Å²) < 4.78 is 5.32. The molecular formula is C15H21NO3. The first-order chi connectivity index (χ1) is 9.08. The van der Waals surface area contributed by atoms with Gasteiger partial charge in [-0.15, -0.1) is 0 Å². The Morgan fingerprint density at radius 1 is 1.42 bits per heavy atom. The lowest BCUT2D eigenvalue weighted by Gasteiger charge is -2.26. The van der Waals surface area contributed by atoms with Crippen LogP contribution in [0.5, 0.6) is 0 Å². The van der Waals surface area contributed by atoms with Gasteiger partial charge in [0.2, 0.25) is 0 Å². The summed E-state index contributed by atoms with van der Waals surface area (Å²) in [5, 5.41) is 9.70. The Morgan fingerprint density at radius 2 is 2.11 bits per heavy atom. The predicted octanol–water partition coefficient (Wildman–Crippen LogP) is 2.41. The summed E-state index contributed by atoms with van der Waals surface area (Å²) in [5.74, 6) is 0.321. The number of amides is 1. The standard InChI is InChI=1S/C15H21NO3/c1-11(2)14-8-13(17)9-16(14)15(18)19-10-12-6-4-3-5-7-12/h3-7,11,13-14,17H,8-10H2,1-2H3/t13-,14+/m1/s1. The van der Waals surface area contributed by atoms with Gasteiger partial charge in [-0.2, -0.15) is 0 Å². The molecule has 0 spiro atoms. The van der Waals surface area contributed by atoms with Crippen LogP contribution in [0.2, 0.25) is 0 Å². The van der Waals surface area contributed by atoms with E-state index in [-0.39, 0.29) is 18.7 Å². The van der Waals surface area contributed by atoms with Crippen LogP contribution >= 0.6 is 0 Å². The third-order valence-corrected chi connectivity index (χ3v) is 3.53. The SMILES string of the molecule is CC(C)[C@@H]1C[C@@H](O)CN1C(=O)OCc1ccccc1. The highest BCUT2D eigenvalue weighted by Crippen LogP contribution is 2.25. The lowest BCUT2D eigenvalue weighted by atomic mass is 10.0. The third-order valence-electron chi connectivity index (χ3n) is 3.53. The molecule has 1 aliphatic rings. The minimum Gasteiger partial charge on any atom is -0.445 e. The van der Waals surface area contributed by atoms with Gasteiger partial charge < -0.3 is 14.7 Å². The molecule has 1 aromatic carbocycles. The second kappa shape index (κ2) is 6.06. The van der Waals surface area contributed by atoms with Crippen LogP contribution in [-0.2, 0) is 11.3 Å². The minimum atomic E-state index is -0.434. The average molecular weight is 263 g/mol. The van der Waals surface area contributed by atoms with Gasteiger partial charge in [0, 0.05) is 6.04 Å². The van der Waals surface area contributed by atoms with Crippen molar-refractivity contribution in [2.45, 2.75) is 39.0 Å². The number of aliphatic hydroxyl groups excluding tert-OH is 1. The van der Waals surface area contributed by atoms with Crippen molar-refractivity contribution < 1.29 is 14.6 Å². The van der Waals surface area contributed by atoms with E-state index in [1.807, 2.05) is 30.3 Å². The van der Waals surface area contributed by atoms with Gasteiger partial charge in [-0.1, -0.05) is 44.2 Å². The van der Waals surface area contributed by atoms with Gasteiger partial charge in [0.05, 0.1) is 12.6 Å². The van der Waals surface area contributed by atoms with Crippen LogP contribution < -0.4 is 0 Å². The lowest BCUT2D eigenvalue weighted by molar-refractivity contribution is 0.0817. The van der Waals surface area contributed by atoms with Crippen LogP contribution in [0, 0.1) is 5.92 Å². The van der Waals surface area contributed by atoms with E-state index in [0.717, 1.165) is 5.56 Å². The molecule has 104 valence electrons. The summed E-state index contributed by atoms with van der Waals surface area (Å²) in [6.07, 6.45) is -0.131. The quantitative estimate of drug-likeness (QED) is 0.911. The molecule has 0 radical (unpaired) electrons. The first-order valence-electron chi connectivity index (χ1n) is 6.73. The molecule has 19 heavy (non-hydrogen) atoms. The zero-order valence-corrected chi connectivity index (χ0v) is 11.5. The maximum absolute atomic E-state index is 12.1. The molecule has 1 N–H and O–H groups in total. The number of nitrogens with zero attached hydrogens (tertiary/aromatic N) is 1. The topological polar surface area (TPSA) is 49.8 Å². The van der Waals surface area contributed by atoms with Crippen molar-refractivity contribution >= 4 is 6.09 Å². The first-order valence-corrected chi connectivity index (χ1v) is 6.73. The van der Waals surface area contributed by atoms with Crippen LogP contribution in [0.15, 0.2) is 30.3 Å². The molecular weight excluding hydrogens is 242 g/mol. The van der Waals surface area contributed by atoms with E-state index >= 15 is 0 Å². The molecule has 1 saturated heterocycles. The van der Waals surface area contributed by atoms with Gasteiger partial charge in [-0.25, -0.2) is 4.79 Å². The number of rotatable bonds is 3. The van der Waals surface area contributed by atoms with E-state index < -0.39 is 6.10 Å². The molecule has 4 nitrogen and oxygen atoms in total. The molecule has 0 bridgehead atoms. The molecule has 0 unspecified atom stereocenters. The van der Waals surface area contributed by atoms with Crippen molar-refractivity contribution in [3.8, 4) is 0 Å². The fraction of sp³-hybridized carbons (Fsp3) is 0.533. The number of ether oxygens (including phenoxy) is 1.